The lowest BCUT2D eigenvalue weighted by Gasteiger charge is -2.28. The maximum atomic E-state index is 12.9. The third-order valence-electron chi connectivity index (χ3n) is 3.70. The normalized spacial score (nSPS) is 18.8. The van der Waals surface area contributed by atoms with Gasteiger partial charge in [-0.1, -0.05) is 12.1 Å². The van der Waals surface area contributed by atoms with Crippen molar-refractivity contribution in [1.29, 1.82) is 0 Å². The van der Waals surface area contributed by atoms with E-state index in [4.69, 9.17) is 5.73 Å². The van der Waals surface area contributed by atoms with Gasteiger partial charge >= 0.3 is 0 Å². The number of rotatable bonds is 3. The summed E-state index contributed by atoms with van der Waals surface area (Å²) in [7, 11) is 0. The number of hydrogen-bond acceptors (Lipinski definition) is 2. The van der Waals surface area contributed by atoms with E-state index in [0.29, 0.717) is 11.5 Å². The maximum Gasteiger partial charge on any atom is 0.191 e. The van der Waals surface area contributed by atoms with Crippen molar-refractivity contribution in [2.45, 2.75) is 31.8 Å². The highest BCUT2D eigenvalue weighted by Crippen LogP contribution is 2.21. The Kier molecular flexibility index (Phi) is 6.86. The molecule has 1 aliphatic rings. The molecule has 1 atom stereocenters. The first-order valence-corrected chi connectivity index (χ1v) is 7.02. The number of piperidine rings is 1. The smallest absolute Gasteiger partial charge is 0.191 e. The summed E-state index contributed by atoms with van der Waals surface area (Å²) in [6, 6.07) is 5.81. The van der Waals surface area contributed by atoms with Gasteiger partial charge < -0.3 is 15.7 Å². The van der Waals surface area contributed by atoms with Gasteiger partial charge in [0.1, 0.15) is 11.4 Å². The fraction of sp³-hybridized carbons (Fsp3) is 0.533. The molecule has 0 amide bonds. The second kappa shape index (κ2) is 7.93. The number of aliphatic imine (C=N–C) groups is 1. The number of benzene rings is 1. The molecule has 4 nitrogen and oxygen atoms in total. The third kappa shape index (κ3) is 5.10. The average molecular weight is 407 g/mol. The van der Waals surface area contributed by atoms with Crippen molar-refractivity contribution in [1.82, 2.24) is 4.90 Å². The summed E-state index contributed by atoms with van der Waals surface area (Å²) in [6.07, 6.45) is 3.49. The summed E-state index contributed by atoms with van der Waals surface area (Å²) in [6.45, 7) is 3.68. The first kappa shape index (κ1) is 18.2. The highest BCUT2D eigenvalue weighted by atomic mass is 127. The monoisotopic (exact) mass is 407 g/mol. The lowest BCUT2D eigenvalue weighted by molar-refractivity contribution is 0.0669. The van der Waals surface area contributed by atoms with Crippen molar-refractivity contribution in [3.8, 4) is 0 Å². The van der Waals surface area contributed by atoms with Gasteiger partial charge in [0.2, 0.25) is 0 Å². The van der Waals surface area contributed by atoms with Crippen LogP contribution in [0.1, 0.15) is 31.7 Å². The van der Waals surface area contributed by atoms with Crippen LogP contribution in [0.15, 0.2) is 29.3 Å². The Morgan fingerprint density at radius 3 is 2.43 bits per heavy atom. The van der Waals surface area contributed by atoms with E-state index in [1.54, 1.807) is 19.1 Å². The third-order valence-corrected chi connectivity index (χ3v) is 3.70. The molecule has 0 aromatic heterocycles. The molecule has 6 heteroatoms. The van der Waals surface area contributed by atoms with Crippen LogP contribution in [0.2, 0.25) is 0 Å². The molecule has 1 unspecified atom stereocenters. The van der Waals surface area contributed by atoms with Crippen LogP contribution in [0.25, 0.3) is 0 Å². The Morgan fingerprint density at radius 2 is 1.86 bits per heavy atom. The Bertz CT molecular complexity index is 470. The van der Waals surface area contributed by atoms with E-state index in [1.165, 1.54) is 18.6 Å². The maximum absolute atomic E-state index is 12.9. The summed E-state index contributed by atoms with van der Waals surface area (Å²) >= 11 is 0. The van der Waals surface area contributed by atoms with Crippen molar-refractivity contribution in [3.63, 3.8) is 0 Å². The zero-order valence-electron chi connectivity index (χ0n) is 12.3. The predicted octanol–water partition coefficient (Wildman–Crippen LogP) is 2.45. The first-order chi connectivity index (χ1) is 9.49. The van der Waals surface area contributed by atoms with Gasteiger partial charge in [0.05, 0.1) is 6.54 Å². The number of aliphatic hydroxyl groups is 1. The summed E-state index contributed by atoms with van der Waals surface area (Å²) < 4.78 is 12.9. The van der Waals surface area contributed by atoms with E-state index in [0.717, 1.165) is 25.9 Å². The first-order valence-electron chi connectivity index (χ1n) is 7.02. The van der Waals surface area contributed by atoms with Crippen LogP contribution in [0, 0.1) is 5.82 Å². The zero-order chi connectivity index (χ0) is 14.6. The number of nitrogens with two attached hydrogens (primary N) is 1. The molecular weight excluding hydrogens is 384 g/mol. The highest BCUT2D eigenvalue weighted by molar-refractivity contribution is 14.0. The lowest BCUT2D eigenvalue weighted by Crippen LogP contribution is -2.41. The zero-order valence-corrected chi connectivity index (χ0v) is 14.6. The van der Waals surface area contributed by atoms with Gasteiger partial charge in [-0.15, -0.1) is 24.0 Å². The number of guanidine groups is 1. The number of halogens is 2. The molecule has 0 spiro atoms. The van der Waals surface area contributed by atoms with E-state index >= 15 is 0 Å². The molecule has 3 N–H and O–H groups in total. The minimum atomic E-state index is -1.14. The standard InChI is InChI=1S/C15H22FN3O.HI/c1-15(20,12-5-7-13(16)8-6-12)11-18-14(17)19-9-3-2-4-10-19;/h5-8,20H,2-4,9-11H2,1H3,(H2,17,18);1H. The topological polar surface area (TPSA) is 61.9 Å². The van der Waals surface area contributed by atoms with Gasteiger partial charge in [-0.25, -0.2) is 9.38 Å². The summed E-state index contributed by atoms with van der Waals surface area (Å²) in [5, 5.41) is 10.4. The SMILES string of the molecule is CC(O)(CN=C(N)N1CCCCC1)c1ccc(F)cc1.I. The molecular formula is C15H23FIN3O. The van der Waals surface area contributed by atoms with Crippen LogP contribution >= 0.6 is 24.0 Å². The second-order valence-electron chi connectivity index (χ2n) is 5.50. The fourth-order valence-corrected chi connectivity index (χ4v) is 2.36. The number of likely N-dealkylation sites (tertiary alicyclic amines) is 1. The Labute approximate surface area is 142 Å². The van der Waals surface area contributed by atoms with E-state index in [9.17, 15) is 9.50 Å². The molecule has 0 saturated carbocycles. The second-order valence-corrected chi connectivity index (χ2v) is 5.50. The molecule has 1 saturated heterocycles. The molecule has 1 aromatic carbocycles. The molecule has 21 heavy (non-hydrogen) atoms. The largest absolute Gasteiger partial charge is 0.384 e. The van der Waals surface area contributed by atoms with E-state index in [1.807, 2.05) is 4.90 Å². The van der Waals surface area contributed by atoms with Gasteiger partial charge in [-0.2, -0.15) is 0 Å². The van der Waals surface area contributed by atoms with E-state index < -0.39 is 5.60 Å². The fourth-order valence-electron chi connectivity index (χ4n) is 2.36. The van der Waals surface area contributed by atoms with Crippen molar-refractivity contribution in [3.05, 3.63) is 35.6 Å². The van der Waals surface area contributed by atoms with Crippen LogP contribution in [0.3, 0.4) is 0 Å². The Balaban J connectivity index is 0.00000220. The molecule has 0 aliphatic carbocycles. The van der Waals surface area contributed by atoms with E-state index in [-0.39, 0.29) is 36.3 Å². The minimum absolute atomic E-state index is 0. The van der Waals surface area contributed by atoms with Crippen LogP contribution < -0.4 is 5.73 Å². The molecule has 1 aliphatic heterocycles. The molecule has 0 radical (unpaired) electrons. The molecule has 0 bridgehead atoms. The van der Waals surface area contributed by atoms with Gasteiger partial charge in [-0.05, 0) is 43.9 Å². The molecule has 1 aromatic rings. The van der Waals surface area contributed by atoms with Crippen molar-refractivity contribution in [2.24, 2.45) is 10.7 Å². The van der Waals surface area contributed by atoms with Gasteiger partial charge in [0.15, 0.2) is 5.96 Å². The van der Waals surface area contributed by atoms with Crippen LogP contribution in [-0.2, 0) is 5.60 Å². The van der Waals surface area contributed by atoms with E-state index in [2.05, 4.69) is 4.99 Å². The highest BCUT2D eigenvalue weighted by Gasteiger charge is 2.23. The van der Waals surface area contributed by atoms with Crippen LogP contribution in [0.4, 0.5) is 4.39 Å². The quantitative estimate of drug-likeness (QED) is 0.460. The lowest BCUT2D eigenvalue weighted by atomic mass is 9.96. The summed E-state index contributed by atoms with van der Waals surface area (Å²) in [5.74, 6) is 0.160. The van der Waals surface area contributed by atoms with Crippen molar-refractivity contribution >= 4 is 29.9 Å². The Hall–Kier alpha value is -0.890. The molecule has 1 fully saturated rings. The van der Waals surface area contributed by atoms with Crippen molar-refractivity contribution < 1.29 is 9.50 Å². The number of nitrogens with zero attached hydrogens (tertiary/aromatic N) is 2. The Morgan fingerprint density at radius 1 is 1.29 bits per heavy atom. The molecule has 1 heterocycles. The predicted molar refractivity (Wildman–Crippen MR) is 93.3 cm³/mol. The minimum Gasteiger partial charge on any atom is -0.384 e. The van der Waals surface area contributed by atoms with Crippen LogP contribution in [0.5, 0.6) is 0 Å². The van der Waals surface area contributed by atoms with Gasteiger partial charge in [0.25, 0.3) is 0 Å². The summed E-state index contributed by atoms with van der Waals surface area (Å²) in [4.78, 5) is 6.34. The number of hydrogen-bond donors (Lipinski definition) is 2. The van der Waals surface area contributed by atoms with Gasteiger partial charge in [-0.3, -0.25) is 0 Å². The average Bonchev–Trinajstić information content (AvgIpc) is 2.46. The van der Waals surface area contributed by atoms with Crippen LogP contribution in [-0.4, -0.2) is 35.6 Å². The van der Waals surface area contributed by atoms with Gasteiger partial charge in [0, 0.05) is 13.1 Å². The summed E-state index contributed by atoms with van der Waals surface area (Å²) in [5.41, 5.74) is 5.45. The molecule has 2 rings (SSSR count). The van der Waals surface area contributed by atoms with Crippen molar-refractivity contribution in [2.75, 3.05) is 19.6 Å². The molecule has 118 valence electrons.